The molecule has 0 saturated carbocycles. The van der Waals surface area contributed by atoms with Crippen LogP contribution >= 0.6 is 0 Å². The number of carbonyl (C=O) groups is 3. The smallest absolute Gasteiger partial charge is 0.306 e. The molecule has 0 aliphatic heterocycles. The first-order valence-corrected chi connectivity index (χ1v) is 34.4. The third kappa shape index (κ3) is 66.8. The number of unbranched alkanes of at least 4 members (excludes halogenated alkanes) is 33. The van der Waals surface area contributed by atoms with Gasteiger partial charge in [0.25, 0.3) is 0 Å². The fourth-order valence-corrected chi connectivity index (χ4v) is 9.63. The number of ether oxygens (including phenoxy) is 3. The van der Waals surface area contributed by atoms with E-state index in [2.05, 4.69) is 130 Å². The quantitative estimate of drug-likeness (QED) is 0.0261. The van der Waals surface area contributed by atoms with E-state index in [1.807, 2.05) is 0 Å². The lowest BCUT2D eigenvalue weighted by molar-refractivity contribution is -0.167. The zero-order valence-corrected chi connectivity index (χ0v) is 53.3. The molecule has 0 spiro atoms. The Balaban J connectivity index is 4.29. The molecule has 0 radical (unpaired) electrons. The van der Waals surface area contributed by atoms with Crippen molar-refractivity contribution in [2.45, 2.75) is 335 Å². The van der Waals surface area contributed by atoms with Gasteiger partial charge in [0.1, 0.15) is 13.2 Å². The Hall–Kier alpha value is -3.93. The fourth-order valence-electron chi connectivity index (χ4n) is 9.63. The molecule has 0 aromatic carbocycles. The topological polar surface area (TPSA) is 78.9 Å². The largest absolute Gasteiger partial charge is 0.462 e. The van der Waals surface area contributed by atoms with E-state index in [0.717, 1.165) is 122 Å². The molecule has 464 valence electrons. The van der Waals surface area contributed by atoms with Gasteiger partial charge in [-0.1, -0.05) is 310 Å². The highest BCUT2D eigenvalue weighted by Crippen LogP contribution is 2.16. The number of esters is 3. The average molecular weight is 1130 g/mol. The standard InChI is InChI=1S/C75H128O6/c1-4-7-10-13-16-19-22-24-26-28-30-32-33-34-35-36-37-38-39-40-41-43-44-46-48-50-53-56-59-62-65-68-74(77)80-71-72(70-79-73(76)67-64-61-58-55-52-21-18-15-12-9-6-3)81-75(78)69-66-63-60-57-54-51-49-47-45-42-31-29-27-25-23-20-17-14-11-8-5-2/h7,10,16,19,24,26,29-32,34-35,37-38,40-41,44,46,72H,4-6,8-9,11-15,17-18,20-23,25,27-28,33,36,39,42-43,45,47-71H2,1-3H3/b10-7-,19-16-,26-24-,31-29-,32-30-,35-34-,38-37-,41-40-,46-44-. The molecule has 0 fully saturated rings. The summed E-state index contributed by atoms with van der Waals surface area (Å²) in [6, 6.07) is 0. The predicted molar refractivity (Wildman–Crippen MR) is 353 cm³/mol. The van der Waals surface area contributed by atoms with Crippen LogP contribution in [-0.2, 0) is 28.6 Å². The highest BCUT2D eigenvalue weighted by atomic mass is 16.6. The summed E-state index contributed by atoms with van der Waals surface area (Å²) in [5.74, 6) is -0.888. The third-order valence-corrected chi connectivity index (χ3v) is 14.8. The second-order valence-corrected chi connectivity index (χ2v) is 22.7. The maximum atomic E-state index is 12.9. The minimum absolute atomic E-state index is 0.0809. The summed E-state index contributed by atoms with van der Waals surface area (Å²) in [5.41, 5.74) is 0. The Labute approximate surface area is 501 Å². The summed E-state index contributed by atoms with van der Waals surface area (Å²) in [7, 11) is 0. The maximum Gasteiger partial charge on any atom is 0.306 e. The van der Waals surface area contributed by atoms with E-state index in [0.29, 0.717) is 19.3 Å². The molecule has 0 aliphatic carbocycles. The van der Waals surface area contributed by atoms with Gasteiger partial charge in [0.05, 0.1) is 0 Å². The molecule has 0 N–H and O–H groups in total. The van der Waals surface area contributed by atoms with Crippen LogP contribution in [0.4, 0.5) is 0 Å². The van der Waals surface area contributed by atoms with Gasteiger partial charge in [-0.25, -0.2) is 0 Å². The molecule has 1 atom stereocenters. The SMILES string of the molecule is CC/C=C\C/C=C\C/C=C\C/C=C\C/C=C\C/C=C\C/C=C\C/C=C\CCCCCCCCC(=O)OCC(COC(=O)CCCCCCCCCCCCC)OC(=O)CCCCCCCCCCC/C=C\CCCCCCCCCC. The zero-order chi connectivity index (χ0) is 58.5. The van der Waals surface area contributed by atoms with Crippen molar-refractivity contribution in [1.29, 1.82) is 0 Å². The number of carbonyl (C=O) groups excluding carboxylic acids is 3. The molecule has 6 nitrogen and oxygen atoms in total. The molecule has 0 aromatic rings. The van der Waals surface area contributed by atoms with Gasteiger partial charge in [0, 0.05) is 19.3 Å². The van der Waals surface area contributed by atoms with Crippen LogP contribution in [-0.4, -0.2) is 37.2 Å². The lowest BCUT2D eigenvalue weighted by Crippen LogP contribution is -2.30. The average Bonchev–Trinajstić information content (AvgIpc) is 3.47. The monoisotopic (exact) mass is 1120 g/mol. The molecule has 81 heavy (non-hydrogen) atoms. The minimum atomic E-state index is -0.786. The molecule has 0 heterocycles. The third-order valence-electron chi connectivity index (χ3n) is 14.8. The van der Waals surface area contributed by atoms with Crippen LogP contribution in [0.1, 0.15) is 329 Å². The van der Waals surface area contributed by atoms with Crippen LogP contribution in [0.3, 0.4) is 0 Å². The molecule has 0 aromatic heterocycles. The van der Waals surface area contributed by atoms with Crippen molar-refractivity contribution >= 4 is 17.9 Å². The molecular formula is C75H128O6. The molecule has 0 aliphatic rings. The van der Waals surface area contributed by atoms with Gasteiger partial charge in [-0.15, -0.1) is 0 Å². The van der Waals surface area contributed by atoms with Crippen molar-refractivity contribution in [1.82, 2.24) is 0 Å². The molecule has 6 heteroatoms. The van der Waals surface area contributed by atoms with E-state index >= 15 is 0 Å². The van der Waals surface area contributed by atoms with Crippen LogP contribution in [0.15, 0.2) is 109 Å². The molecule has 1 unspecified atom stereocenters. The molecule has 0 bridgehead atoms. The van der Waals surface area contributed by atoms with Gasteiger partial charge in [-0.2, -0.15) is 0 Å². The van der Waals surface area contributed by atoms with E-state index in [-0.39, 0.29) is 31.1 Å². The van der Waals surface area contributed by atoms with E-state index in [1.165, 1.54) is 167 Å². The first-order valence-electron chi connectivity index (χ1n) is 34.4. The highest BCUT2D eigenvalue weighted by molar-refractivity contribution is 5.71. The lowest BCUT2D eigenvalue weighted by Gasteiger charge is -2.18. The van der Waals surface area contributed by atoms with Crippen molar-refractivity contribution in [2.75, 3.05) is 13.2 Å². The van der Waals surface area contributed by atoms with Gasteiger partial charge < -0.3 is 14.2 Å². The van der Waals surface area contributed by atoms with Crippen molar-refractivity contribution in [3.63, 3.8) is 0 Å². The number of allylic oxidation sites excluding steroid dienone is 18. The van der Waals surface area contributed by atoms with Gasteiger partial charge in [-0.3, -0.25) is 14.4 Å². The summed E-state index contributed by atoms with van der Waals surface area (Å²) in [5, 5.41) is 0. The lowest BCUT2D eigenvalue weighted by atomic mass is 10.1. The van der Waals surface area contributed by atoms with Crippen LogP contribution in [0.5, 0.6) is 0 Å². The Bertz CT molecular complexity index is 1620. The van der Waals surface area contributed by atoms with Gasteiger partial charge >= 0.3 is 17.9 Å². The summed E-state index contributed by atoms with van der Waals surface area (Å²) < 4.78 is 16.9. The van der Waals surface area contributed by atoms with Crippen molar-refractivity contribution in [3.05, 3.63) is 109 Å². The Kier molecular flexibility index (Phi) is 65.2. The zero-order valence-electron chi connectivity index (χ0n) is 53.3. The van der Waals surface area contributed by atoms with Crippen molar-refractivity contribution in [2.24, 2.45) is 0 Å². The fraction of sp³-hybridized carbons (Fsp3) is 0.720. The predicted octanol–water partition coefficient (Wildman–Crippen LogP) is 23.8. The first-order chi connectivity index (χ1) is 40.0. The molecular weight excluding hydrogens is 997 g/mol. The summed E-state index contributed by atoms with van der Waals surface area (Å²) in [6.45, 7) is 6.54. The summed E-state index contributed by atoms with van der Waals surface area (Å²) in [6.07, 6.45) is 93.9. The van der Waals surface area contributed by atoms with Crippen LogP contribution < -0.4 is 0 Å². The number of rotatable bonds is 62. The van der Waals surface area contributed by atoms with Crippen molar-refractivity contribution < 1.29 is 28.6 Å². The second-order valence-electron chi connectivity index (χ2n) is 22.7. The maximum absolute atomic E-state index is 12.9. The van der Waals surface area contributed by atoms with E-state index < -0.39 is 6.10 Å². The van der Waals surface area contributed by atoms with Crippen LogP contribution in [0.25, 0.3) is 0 Å². The molecule has 0 saturated heterocycles. The summed E-state index contributed by atoms with van der Waals surface area (Å²) >= 11 is 0. The Morgan fingerprint density at radius 1 is 0.259 bits per heavy atom. The molecule has 0 rings (SSSR count). The minimum Gasteiger partial charge on any atom is -0.462 e. The normalized spacial score (nSPS) is 12.8. The highest BCUT2D eigenvalue weighted by Gasteiger charge is 2.19. The first kappa shape index (κ1) is 77.1. The van der Waals surface area contributed by atoms with Crippen molar-refractivity contribution in [3.8, 4) is 0 Å². The van der Waals surface area contributed by atoms with Gasteiger partial charge in [0.2, 0.25) is 0 Å². The van der Waals surface area contributed by atoms with Gasteiger partial charge in [0.15, 0.2) is 6.10 Å². The van der Waals surface area contributed by atoms with Crippen LogP contribution in [0.2, 0.25) is 0 Å². The Morgan fingerprint density at radius 3 is 0.765 bits per heavy atom. The number of hydrogen-bond acceptors (Lipinski definition) is 6. The Morgan fingerprint density at radius 2 is 0.481 bits per heavy atom. The van der Waals surface area contributed by atoms with E-state index in [9.17, 15) is 14.4 Å². The molecule has 0 amide bonds. The van der Waals surface area contributed by atoms with Gasteiger partial charge in [-0.05, 0) is 109 Å². The van der Waals surface area contributed by atoms with Crippen LogP contribution in [0, 0.1) is 0 Å². The number of hydrogen-bond donors (Lipinski definition) is 0. The summed E-state index contributed by atoms with van der Waals surface area (Å²) in [4.78, 5) is 38.3. The van der Waals surface area contributed by atoms with E-state index in [4.69, 9.17) is 14.2 Å². The van der Waals surface area contributed by atoms with E-state index in [1.54, 1.807) is 0 Å². The second kappa shape index (κ2) is 68.6.